The van der Waals surface area contributed by atoms with Gasteiger partial charge >= 0.3 is 0 Å². The predicted octanol–water partition coefficient (Wildman–Crippen LogP) is 8.60. The van der Waals surface area contributed by atoms with Crippen molar-refractivity contribution in [3.05, 3.63) is 47.0 Å². The minimum absolute atomic E-state index is 0.193. The van der Waals surface area contributed by atoms with E-state index in [9.17, 15) is 17.6 Å². The first-order chi connectivity index (χ1) is 14.6. The smallest absolute Gasteiger partial charge is 0.132 e. The molecule has 2 fully saturated rings. The largest absolute Gasteiger partial charge is 0.251 e. The fraction of sp³-hybridized carbons (Fsp3) is 0.692. The van der Waals surface area contributed by atoms with E-state index in [1.54, 1.807) is 0 Å². The lowest BCUT2D eigenvalue weighted by atomic mass is 9.74. The van der Waals surface area contributed by atoms with E-state index in [0.717, 1.165) is 43.9 Å². The third-order valence-corrected chi connectivity index (χ3v) is 7.40. The van der Waals surface area contributed by atoms with Crippen molar-refractivity contribution in [3.8, 4) is 0 Å². The second kappa shape index (κ2) is 11.9. The van der Waals surface area contributed by atoms with Gasteiger partial charge in [0.2, 0.25) is 0 Å². The van der Waals surface area contributed by atoms with Crippen LogP contribution in [0.3, 0.4) is 0 Å². The first-order valence-electron chi connectivity index (χ1n) is 11.9. The van der Waals surface area contributed by atoms with Crippen LogP contribution < -0.4 is 0 Å². The Balaban J connectivity index is 1.36. The van der Waals surface area contributed by atoms with Gasteiger partial charge in [0.05, 0.1) is 12.2 Å². The van der Waals surface area contributed by atoms with Crippen LogP contribution in [0.25, 0.3) is 0 Å². The molecule has 0 amide bonds. The van der Waals surface area contributed by atoms with Crippen LogP contribution >= 0.6 is 0 Å². The van der Waals surface area contributed by atoms with E-state index in [2.05, 4.69) is 12.2 Å². The van der Waals surface area contributed by atoms with Crippen LogP contribution in [-0.4, -0.2) is 6.67 Å². The molecule has 0 aromatic heterocycles. The summed E-state index contributed by atoms with van der Waals surface area (Å²) in [5.41, 5.74) is 0.246. The Morgan fingerprint density at radius 2 is 1.37 bits per heavy atom. The van der Waals surface area contributed by atoms with Crippen molar-refractivity contribution in [1.29, 1.82) is 0 Å². The Morgan fingerprint density at radius 3 is 1.90 bits per heavy atom. The molecular formula is C26H36F4. The standard InChI is InChI=1S/C26H36F4/c27-15-3-1-2-4-19-5-7-20(8-6-19)9-10-21-11-13-22(14-12-21)23-16-25(29)24(18-28)26(30)17-23/h2,4,16-17,19-22H,1,3,5-15,18H2/b4-2+. The maximum Gasteiger partial charge on any atom is 0.132 e. The molecule has 3 rings (SSSR count). The summed E-state index contributed by atoms with van der Waals surface area (Å²) in [6.45, 7) is -1.32. The Bertz CT molecular complexity index is 645. The quantitative estimate of drug-likeness (QED) is 0.211. The van der Waals surface area contributed by atoms with Crippen molar-refractivity contribution in [2.45, 2.75) is 89.6 Å². The van der Waals surface area contributed by atoms with Gasteiger partial charge < -0.3 is 0 Å². The fourth-order valence-electron chi connectivity index (χ4n) is 5.39. The number of rotatable bonds is 9. The zero-order chi connectivity index (χ0) is 21.3. The Kier molecular flexibility index (Phi) is 9.27. The summed E-state index contributed by atoms with van der Waals surface area (Å²) in [6.07, 6.45) is 17.8. The molecular weight excluding hydrogens is 388 g/mol. The van der Waals surface area contributed by atoms with Crippen LogP contribution in [0, 0.1) is 29.4 Å². The summed E-state index contributed by atoms with van der Waals surface area (Å²) < 4.78 is 52.7. The van der Waals surface area contributed by atoms with Crippen molar-refractivity contribution in [3.63, 3.8) is 0 Å². The molecule has 0 aliphatic heterocycles. The zero-order valence-corrected chi connectivity index (χ0v) is 18.0. The lowest BCUT2D eigenvalue weighted by Gasteiger charge is -2.31. The van der Waals surface area contributed by atoms with Crippen molar-refractivity contribution >= 4 is 0 Å². The van der Waals surface area contributed by atoms with Gasteiger partial charge in [0, 0.05) is 0 Å². The van der Waals surface area contributed by atoms with Crippen LogP contribution in [0.2, 0.25) is 0 Å². The lowest BCUT2D eigenvalue weighted by Crippen LogP contribution is -2.17. The summed E-state index contributed by atoms with van der Waals surface area (Å²) in [5.74, 6) is 0.929. The molecule has 0 nitrogen and oxygen atoms in total. The fourth-order valence-corrected chi connectivity index (χ4v) is 5.39. The molecule has 168 valence electrons. The Hall–Kier alpha value is -1.32. The first kappa shape index (κ1) is 23.3. The van der Waals surface area contributed by atoms with E-state index >= 15 is 0 Å². The Labute approximate surface area is 179 Å². The van der Waals surface area contributed by atoms with Crippen molar-refractivity contribution < 1.29 is 17.6 Å². The highest BCUT2D eigenvalue weighted by molar-refractivity contribution is 5.28. The van der Waals surface area contributed by atoms with Gasteiger partial charge in [0.15, 0.2) is 0 Å². The van der Waals surface area contributed by atoms with Crippen LogP contribution in [0.1, 0.15) is 94.1 Å². The van der Waals surface area contributed by atoms with Gasteiger partial charge in [-0.25, -0.2) is 13.2 Å². The molecule has 0 radical (unpaired) electrons. The normalized spacial score (nSPS) is 27.6. The molecule has 0 atom stereocenters. The van der Waals surface area contributed by atoms with Crippen LogP contribution in [0.5, 0.6) is 0 Å². The average molecular weight is 425 g/mol. The topological polar surface area (TPSA) is 0 Å². The average Bonchev–Trinajstić information content (AvgIpc) is 2.76. The highest BCUT2D eigenvalue weighted by Gasteiger charge is 2.26. The van der Waals surface area contributed by atoms with Crippen molar-refractivity contribution in [1.82, 2.24) is 0 Å². The molecule has 1 aromatic rings. The number of hydrogen-bond donors (Lipinski definition) is 0. The number of allylic oxidation sites excluding steroid dienone is 2. The van der Waals surface area contributed by atoms with E-state index in [1.165, 1.54) is 50.7 Å². The van der Waals surface area contributed by atoms with Gasteiger partial charge in [-0.05, 0) is 106 Å². The van der Waals surface area contributed by atoms with E-state index in [0.29, 0.717) is 17.9 Å². The molecule has 0 bridgehead atoms. The first-order valence-corrected chi connectivity index (χ1v) is 11.9. The molecule has 2 saturated carbocycles. The summed E-state index contributed by atoms with van der Waals surface area (Å²) >= 11 is 0. The van der Waals surface area contributed by atoms with E-state index < -0.39 is 23.9 Å². The van der Waals surface area contributed by atoms with Gasteiger partial charge in [-0.3, -0.25) is 4.39 Å². The number of alkyl halides is 2. The minimum atomic E-state index is -1.10. The molecule has 1 aromatic carbocycles. The highest BCUT2D eigenvalue weighted by Crippen LogP contribution is 2.40. The van der Waals surface area contributed by atoms with Gasteiger partial charge in [0.1, 0.15) is 18.3 Å². The molecule has 0 saturated heterocycles. The van der Waals surface area contributed by atoms with Gasteiger partial charge in [-0.1, -0.05) is 25.0 Å². The van der Waals surface area contributed by atoms with E-state index in [1.807, 2.05) is 0 Å². The number of hydrogen-bond acceptors (Lipinski definition) is 0. The lowest BCUT2D eigenvalue weighted by molar-refractivity contribution is 0.246. The van der Waals surface area contributed by atoms with Gasteiger partial charge in [-0.2, -0.15) is 0 Å². The molecule has 0 unspecified atom stereocenters. The molecule has 0 heterocycles. The molecule has 2 aliphatic rings. The van der Waals surface area contributed by atoms with Crippen molar-refractivity contribution in [2.24, 2.45) is 17.8 Å². The zero-order valence-electron chi connectivity index (χ0n) is 18.0. The second-order valence-electron chi connectivity index (χ2n) is 9.43. The molecule has 0 N–H and O–H groups in total. The summed E-state index contributed by atoms with van der Waals surface area (Å²) in [6, 6.07) is 2.68. The summed E-state index contributed by atoms with van der Waals surface area (Å²) in [5, 5.41) is 0. The van der Waals surface area contributed by atoms with Gasteiger partial charge in [0.25, 0.3) is 0 Å². The number of unbranched alkanes of at least 4 members (excludes halogenated alkanes) is 1. The number of halogens is 4. The van der Waals surface area contributed by atoms with Crippen LogP contribution in [0.4, 0.5) is 17.6 Å². The highest BCUT2D eigenvalue weighted by atomic mass is 19.1. The molecule has 30 heavy (non-hydrogen) atoms. The predicted molar refractivity (Wildman–Crippen MR) is 115 cm³/mol. The summed E-state index contributed by atoms with van der Waals surface area (Å²) in [4.78, 5) is 0. The van der Waals surface area contributed by atoms with Gasteiger partial charge in [-0.15, -0.1) is 0 Å². The maximum absolute atomic E-state index is 13.9. The third kappa shape index (κ3) is 6.59. The van der Waals surface area contributed by atoms with Crippen molar-refractivity contribution in [2.75, 3.05) is 6.67 Å². The molecule has 0 spiro atoms. The molecule has 2 aliphatic carbocycles. The SMILES string of the molecule is FCCC/C=C/C1CCC(CCC2CCC(c3cc(F)c(CF)c(F)c3)CC2)CC1. The van der Waals surface area contributed by atoms with E-state index in [4.69, 9.17) is 0 Å². The Morgan fingerprint density at radius 1 is 0.800 bits per heavy atom. The number of benzene rings is 1. The maximum atomic E-state index is 13.9. The molecule has 4 heteroatoms. The van der Waals surface area contributed by atoms with Crippen LogP contribution in [-0.2, 0) is 6.67 Å². The third-order valence-electron chi connectivity index (χ3n) is 7.40. The minimum Gasteiger partial charge on any atom is -0.251 e. The second-order valence-corrected chi connectivity index (χ2v) is 9.43. The summed E-state index contributed by atoms with van der Waals surface area (Å²) in [7, 11) is 0. The van der Waals surface area contributed by atoms with Crippen LogP contribution in [0.15, 0.2) is 24.3 Å². The monoisotopic (exact) mass is 424 g/mol. The van der Waals surface area contributed by atoms with E-state index in [-0.39, 0.29) is 12.6 Å².